The number of amides is 1. The summed E-state index contributed by atoms with van der Waals surface area (Å²) >= 11 is 1.42. The summed E-state index contributed by atoms with van der Waals surface area (Å²) in [6.45, 7) is 0.813. The second-order valence-electron chi connectivity index (χ2n) is 5.42. The van der Waals surface area contributed by atoms with Crippen LogP contribution < -0.4 is 14.8 Å². The number of aromatic nitrogens is 1. The van der Waals surface area contributed by atoms with E-state index in [9.17, 15) is 4.79 Å². The molecule has 23 heavy (non-hydrogen) atoms. The van der Waals surface area contributed by atoms with Crippen molar-refractivity contribution in [2.75, 3.05) is 26.1 Å². The van der Waals surface area contributed by atoms with Crippen molar-refractivity contribution in [3.63, 3.8) is 0 Å². The van der Waals surface area contributed by atoms with E-state index < -0.39 is 0 Å². The number of rotatable bonds is 6. The highest BCUT2D eigenvalue weighted by molar-refractivity contribution is 7.22. The number of nitrogens with one attached hydrogen (secondary N) is 1. The predicted octanol–water partition coefficient (Wildman–Crippen LogP) is 3.21. The molecular formula is C16H20N2O4S. The van der Waals surface area contributed by atoms with Gasteiger partial charge >= 0.3 is 0 Å². The molecule has 0 aliphatic carbocycles. The molecule has 6 nitrogen and oxygen atoms in total. The number of methoxy groups -OCH3 is 2. The van der Waals surface area contributed by atoms with E-state index in [0.29, 0.717) is 23.1 Å². The molecule has 0 saturated carbocycles. The van der Waals surface area contributed by atoms with Crippen LogP contribution in [0.2, 0.25) is 0 Å². The Hall–Kier alpha value is -1.86. The quantitative estimate of drug-likeness (QED) is 0.877. The van der Waals surface area contributed by atoms with Crippen LogP contribution in [0.25, 0.3) is 10.2 Å². The van der Waals surface area contributed by atoms with Gasteiger partial charge in [-0.15, -0.1) is 0 Å². The Balaban J connectivity index is 1.66. The zero-order valence-electron chi connectivity index (χ0n) is 13.3. The molecule has 2 heterocycles. The number of fused-ring (bicyclic) bond motifs is 1. The lowest BCUT2D eigenvalue weighted by Gasteiger charge is -2.07. The number of nitrogens with zero attached hydrogens (tertiary/aromatic N) is 1. The summed E-state index contributed by atoms with van der Waals surface area (Å²) in [6, 6.07) is 3.68. The maximum atomic E-state index is 12.0. The molecule has 1 amide bonds. The van der Waals surface area contributed by atoms with E-state index in [-0.39, 0.29) is 12.0 Å². The molecule has 1 unspecified atom stereocenters. The van der Waals surface area contributed by atoms with Gasteiger partial charge in [0.05, 0.1) is 30.5 Å². The average Bonchev–Trinajstić information content (AvgIpc) is 3.20. The highest BCUT2D eigenvalue weighted by Crippen LogP contribution is 2.36. The standard InChI is InChI=1S/C16H20N2O4S/c1-20-12-8-11-14(9-13(12)21-2)23-16(17-11)18-15(19)6-5-10-4-3-7-22-10/h8-10H,3-7H2,1-2H3,(H,17,18,19). The van der Waals surface area contributed by atoms with E-state index in [1.807, 2.05) is 12.1 Å². The monoisotopic (exact) mass is 336 g/mol. The molecule has 1 aromatic heterocycles. The minimum atomic E-state index is -0.0292. The Morgan fingerprint density at radius 3 is 2.87 bits per heavy atom. The maximum Gasteiger partial charge on any atom is 0.226 e. The summed E-state index contributed by atoms with van der Waals surface area (Å²) in [5.74, 6) is 1.25. The Labute approximate surface area is 138 Å². The summed E-state index contributed by atoms with van der Waals surface area (Å²) in [7, 11) is 3.18. The van der Waals surface area contributed by atoms with E-state index in [1.165, 1.54) is 11.3 Å². The molecule has 3 rings (SSSR count). The molecule has 1 aliphatic heterocycles. The minimum absolute atomic E-state index is 0.0292. The van der Waals surface area contributed by atoms with Crippen molar-refractivity contribution in [2.45, 2.75) is 31.8 Å². The van der Waals surface area contributed by atoms with Crippen LogP contribution in [0.4, 0.5) is 5.13 Å². The number of thiazole rings is 1. The van der Waals surface area contributed by atoms with Crippen molar-refractivity contribution in [1.82, 2.24) is 4.98 Å². The zero-order valence-corrected chi connectivity index (χ0v) is 14.1. The molecule has 0 bridgehead atoms. The van der Waals surface area contributed by atoms with E-state index in [4.69, 9.17) is 14.2 Å². The number of benzene rings is 1. The van der Waals surface area contributed by atoms with Gasteiger partial charge in [-0.25, -0.2) is 4.98 Å². The van der Waals surface area contributed by atoms with Gasteiger partial charge in [0.25, 0.3) is 0 Å². The number of hydrogen-bond donors (Lipinski definition) is 1. The van der Waals surface area contributed by atoms with Gasteiger partial charge in [0.15, 0.2) is 16.6 Å². The topological polar surface area (TPSA) is 69.7 Å². The van der Waals surface area contributed by atoms with Gasteiger partial charge in [-0.2, -0.15) is 0 Å². The SMILES string of the molecule is COc1cc2nc(NC(=O)CCC3CCCO3)sc2cc1OC. The molecule has 1 aliphatic rings. The summed E-state index contributed by atoms with van der Waals surface area (Å²) < 4.78 is 17.0. The van der Waals surface area contributed by atoms with Crippen LogP contribution in [-0.4, -0.2) is 37.8 Å². The minimum Gasteiger partial charge on any atom is -0.493 e. The van der Waals surface area contributed by atoms with E-state index in [2.05, 4.69) is 10.3 Å². The van der Waals surface area contributed by atoms with E-state index in [0.717, 1.165) is 36.1 Å². The lowest BCUT2D eigenvalue weighted by atomic mass is 10.1. The van der Waals surface area contributed by atoms with Gasteiger partial charge in [-0.3, -0.25) is 4.79 Å². The van der Waals surface area contributed by atoms with Crippen molar-refractivity contribution < 1.29 is 19.0 Å². The number of carbonyl (C=O) groups excluding carboxylic acids is 1. The molecule has 1 saturated heterocycles. The third-order valence-electron chi connectivity index (χ3n) is 3.86. The molecule has 1 fully saturated rings. The molecule has 1 aromatic carbocycles. The zero-order chi connectivity index (χ0) is 16.2. The summed E-state index contributed by atoms with van der Waals surface area (Å²) in [5, 5.41) is 3.45. The van der Waals surface area contributed by atoms with Crippen LogP contribution in [0, 0.1) is 0 Å². The fourth-order valence-electron chi connectivity index (χ4n) is 2.65. The van der Waals surface area contributed by atoms with Gasteiger partial charge in [0, 0.05) is 25.2 Å². The van der Waals surface area contributed by atoms with Crippen LogP contribution >= 0.6 is 11.3 Å². The van der Waals surface area contributed by atoms with Gasteiger partial charge in [0.2, 0.25) is 5.91 Å². The first kappa shape index (κ1) is 16.0. The van der Waals surface area contributed by atoms with Gasteiger partial charge in [-0.1, -0.05) is 11.3 Å². The maximum absolute atomic E-state index is 12.0. The van der Waals surface area contributed by atoms with Crippen LogP contribution in [0.15, 0.2) is 12.1 Å². The molecule has 2 aromatic rings. The molecule has 0 spiro atoms. The summed E-state index contributed by atoms with van der Waals surface area (Å²) in [5.41, 5.74) is 0.780. The Kier molecular flexibility index (Phi) is 4.97. The van der Waals surface area contributed by atoms with Crippen molar-refractivity contribution in [1.29, 1.82) is 0 Å². The third kappa shape index (κ3) is 3.73. The summed E-state index contributed by atoms with van der Waals surface area (Å²) in [6.07, 6.45) is 3.58. The second kappa shape index (κ2) is 7.14. The molecule has 1 atom stereocenters. The Bertz CT molecular complexity index is 654. The van der Waals surface area contributed by atoms with Gasteiger partial charge in [-0.05, 0) is 19.3 Å². The number of carbonyl (C=O) groups is 1. The van der Waals surface area contributed by atoms with Crippen LogP contribution in [-0.2, 0) is 9.53 Å². The smallest absolute Gasteiger partial charge is 0.226 e. The largest absolute Gasteiger partial charge is 0.493 e. The first-order valence-corrected chi connectivity index (χ1v) is 8.45. The Morgan fingerprint density at radius 1 is 1.39 bits per heavy atom. The first-order valence-electron chi connectivity index (χ1n) is 7.63. The van der Waals surface area contributed by atoms with Crippen molar-refractivity contribution in [3.8, 4) is 11.5 Å². The second-order valence-corrected chi connectivity index (χ2v) is 6.45. The van der Waals surface area contributed by atoms with Crippen LogP contribution in [0.3, 0.4) is 0 Å². The van der Waals surface area contributed by atoms with Gasteiger partial charge in [0.1, 0.15) is 0 Å². The van der Waals surface area contributed by atoms with E-state index >= 15 is 0 Å². The lowest BCUT2D eigenvalue weighted by Crippen LogP contribution is -2.15. The predicted molar refractivity (Wildman–Crippen MR) is 89.6 cm³/mol. The third-order valence-corrected chi connectivity index (χ3v) is 4.79. The highest BCUT2D eigenvalue weighted by Gasteiger charge is 2.17. The molecule has 0 radical (unpaired) electrons. The fourth-order valence-corrected chi connectivity index (χ4v) is 3.55. The molecule has 7 heteroatoms. The lowest BCUT2D eigenvalue weighted by molar-refractivity contribution is -0.116. The van der Waals surface area contributed by atoms with E-state index in [1.54, 1.807) is 14.2 Å². The van der Waals surface area contributed by atoms with Gasteiger partial charge < -0.3 is 19.5 Å². The number of hydrogen-bond acceptors (Lipinski definition) is 6. The Morgan fingerprint density at radius 2 is 2.17 bits per heavy atom. The number of ether oxygens (including phenoxy) is 3. The van der Waals surface area contributed by atoms with Crippen molar-refractivity contribution in [2.24, 2.45) is 0 Å². The molecule has 1 N–H and O–H groups in total. The fraction of sp³-hybridized carbons (Fsp3) is 0.500. The van der Waals surface area contributed by atoms with Crippen LogP contribution in [0.5, 0.6) is 11.5 Å². The van der Waals surface area contributed by atoms with Crippen LogP contribution in [0.1, 0.15) is 25.7 Å². The summed E-state index contributed by atoms with van der Waals surface area (Å²) in [4.78, 5) is 16.5. The van der Waals surface area contributed by atoms with Crippen molar-refractivity contribution >= 4 is 32.6 Å². The first-order chi connectivity index (χ1) is 11.2. The highest BCUT2D eigenvalue weighted by atomic mass is 32.1. The molecular weight excluding hydrogens is 316 g/mol. The number of anilines is 1. The molecule has 124 valence electrons. The normalized spacial score (nSPS) is 17.4. The average molecular weight is 336 g/mol. The van der Waals surface area contributed by atoms with Crippen molar-refractivity contribution in [3.05, 3.63) is 12.1 Å².